The molecule has 0 saturated heterocycles. The van der Waals surface area contributed by atoms with Crippen molar-refractivity contribution in [2.75, 3.05) is 25.6 Å². The van der Waals surface area contributed by atoms with E-state index in [1.54, 1.807) is 19.2 Å². The Morgan fingerprint density at radius 2 is 2.25 bits per heavy atom. The third kappa shape index (κ3) is 3.18. The van der Waals surface area contributed by atoms with Gasteiger partial charge in [-0.05, 0) is 24.6 Å². The number of nitrogens with one attached hydrogen (secondary N) is 1. The van der Waals surface area contributed by atoms with Gasteiger partial charge in [0.15, 0.2) is 0 Å². The number of hydrogen-bond donors (Lipinski definition) is 2. The van der Waals surface area contributed by atoms with E-state index in [0.29, 0.717) is 18.7 Å². The van der Waals surface area contributed by atoms with Gasteiger partial charge in [0.25, 0.3) is 0 Å². The van der Waals surface area contributed by atoms with Crippen LogP contribution in [0.4, 0.5) is 10.1 Å². The summed E-state index contributed by atoms with van der Waals surface area (Å²) in [5.74, 6) is -0.301. The molecule has 1 atom stereocenters. The number of aliphatic hydroxyl groups is 1. The second-order valence-electron chi connectivity index (χ2n) is 3.86. The second-order valence-corrected chi connectivity index (χ2v) is 3.86. The zero-order valence-corrected chi connectivity index (χ0v) is 9.66. The summed E-state index contributed by atoms with van der Waals surface area (Å²) in [6, 6.07) is 6.17. The van der Waals surface area contributed by atoms with Crippen molar-refractivity contribution in [1.82, 2.24) is 0 Å². The summed E-state index contributed by atoms with van der Waals surface area (Å²) >= 11 is 0. The first-order valence-corrected chi connectivity index (χ1v) is 5.29. The number of ether oxygens (including phenoxy) is 1. The predicted molar refractivity (Wildman–Crippen MR) is 62.0 cm³/mol. The van der Waals surface area contributed by atoms with Crippen LogP contribution in [0.15, 0.2) is 24.3 Å². The Hall–Kier alpha value is -1.13. The molecule has 90 valence electrons. The fourth-order valence-electron chi connectivity index (χ4n) is 1.57. The minimum absolute atomic E-state index is 0.0617. The lowest BCUT2D eigenvalue weighted by atomic mass is 9.98. The lowest BCUT2D eigenvalue weighted by Gasteiger charge is -2.32. The smallest absolute Gasteiger partial charge is 0.125 e. The van der Waals surface area contributed by atoms with Gasteiger partial charge in [0.05, 0.1) is 18.8 Å². The van der Waals surface area contributed by atoms with E-state index in [0.717, 1.165) is 0 Å². The maximum absolute atomic E-state index is 13.0. The summed E-state index contributed by atoms with van der Waals surface area (Å²) < 4.78 is 18.1. The summed E-state index contributed by atoms with van der Waals surface area (Å²) in [5.41, 5.74) is 0.0932. The topological polar surface area (TPSA) is 41.5 Å². The van der Waals surface area contributed by atoms with E-state index < -0.39 is 5.54 Å². The van der Waals surface area contributed by atoms with Crippen LogP contribution < -0.4 is 5.32 Å². The number of rotatable bonds is 6. The molecule has 0 saturated carbocycles. The third-order valence-electron chi connectivity index (χ3n) is 2.63. The van der Waals surface area contributed by atoms with Gasteiger partial charge in [-0.15, -0.1) is 0 Å². The Morgan fingerprint density at radius 1 is 1.50 bits per heavy atom. The fraction of sp³-hybridized carbons (Fsp3) is 0.500. The Morgan fingerprint density at radius 3 is 2.75 bits per heavy atom. The van der Waals surface area contributed by atoms with Gasteiger partial charge in [0, 0.05) is 12.8 Å². The van der Waals surface area contributed by atoms with Crippen LogP contribution >= 0.6 is 0 Å². The molecular formula is C12H18FNO2. The van der Waals surface area contributed by atoms with Crippen molar-refractivity contribution < 1.29 is 14.2 Å². The van der Waals surface area contributed by atoms with Gasteiger partial charge in [-0.25, -0.2) is 4.39 Å². The molecule has 0 aliphatic carbocycles. The van der Waals surface area contributed by atoms with Crippen LogP contribution in [0.25, 0.3) is 0 Å². The van der Waals surface area contributed by atoms with Crippen molar-refractivity contribution in [3.05, 3.63) is 30.1 Å². The standard InChI is InChI=1S/C12H18FNO2/c1-3-12(8-15,9-16-2)14-11-6-4-5-10(13)7-11/h4-7,14-15H,3,8-9H2,1-2H3. The molecule has 0 aliphatic rings. The zero-order chi connectivity index (χ0) is 12.0. The van der Waals surface area contributed by atoms with Gasteiger partial charge >= 0.3 is 0 Å². The molecule has 0 spiro atoms. The highest BCUT2D eigenvalue weighted by Gasteiger charge is 2.27. The minimum Gasteiger partial charge on any atom is -0.394 e. The number of halogens is 1. The molecule has 0 amide bonds. The second kappa shape index (κ2) is 5.82. The maximum Gasteiger partial charge on any atom is 0.125 e. The first-order valence-electron chi connectivity index (χ1n) is 5.29. The summed E-state index contributed by atoms with van der Waals surface area (Å²) in [6.45, 7) is 2.26. The first-order chi connectivity index (χ1) is 7.65. The summed E-state index contributed by atoms with van der Waals surface area (Å²) in [7, 11) is 1.58. The normalized spacial score (nSPS) is 14.5. The molecule has 0 radical (unpaired) electrons. The highest BCUT2D eigenvalue weighted by Crippen LogP contribution is 2.19. The first kappa shape index (κ1) is 12.9. The molecule has 0 fully saturated rings. The van der Waals surface area contributed by atoms with Gasteiger partial charge in [-0.3, -0.25) is 0 Å². The molecule has 3 nitrogen and oxygen atoms in total. The van der Waals surface area contributed by atoms with Gasteiger partial charge in [-0.1, -0.05) is 13.0 Å². The van der Waals surface area contributed by atoms with Crippen molar-refractivity contribution in [1.29, 1.82) is 0 Å². The van der Waals surface area contributed by atoms with Crippen LogP contribution in [0, 0.1) is 5.82 Å². The van der Waals surface area contributed by atoms with Gasteiger partial charge in [-0.2, -0.15) is 0 Å². The number of aliphatic hydroxyl groups excluding tert-OH is 1. The van der Waals surface area contributed by atoms with Crippen LogP contribution in [0.3, 0.4) is 0 Å². The van der Waals surface area contributed by atoms with E-state index in [1.807, 2.05) is 6.92 Å². The summed E-state index contributed by atoms with van der Waals surface area (Å²) in [4.78, 5) is 0. The molecule has 0 heterocycles. The van der Waals surface area contributed by atoms with Gasteiger partial charge < -0.3 is 15.2 Å². The fourth-order valence-corrected chi connectivity index (χ4v) is 1.57. The van der Waals surface area contributed by atoms with E-state index in [9.17, 15) is 9.50 Å². The summed E-state index contributed by atoms with van der Waals surface area (Å²) in [5, 5.41) is 12.5. The quantitative estimate of drug-likeness (QED) is 0.781. The predicted octanol–water partition coefficient (Wildman–Crippen LogP) is 2.03. The van der Waals surface area contributed by atoms with Crippen LogP contribution in [0.5, 0.6) is 0 Å². The number of hydrogen-bond acceptors (Lipinski definition) is 3. The van der Waals surface area contributed by atoms with Crippen molar-refractivity contribution in [3.63, 3.8) is 0 Å². The largest absolute Gasteiger partial charge is 0.394 e. The Kier molecular flexibility index (Phi) is 4.71. The molecule has 0 aromatic heterocycles. The molecule has 1 aromatic carbocycles. The number of benzene rings is 1. The molecular weight excluding hydrogens is 209 g/mol. The highest BCUT2D eigenvalue weighted by molar-refractivity contribution is 5.45. The maximum atomic E-state index is 13.0. The molecule has 1 rings (SSSR count). The Labute approximate surface area is 95.2 Å². The molecule has 16 heavy (non-hydrogen) atoms. The third-order valence-corrected chi connectivity index (χ3v) is 2.63. The minimum atomic E-state index is -0.553. The zero-order valence-electron chi connectivity index (χ0n) is 9.66. The lowest BCUT2D eigenvalue weighted by Crippen LogP contribution is -2.45. The number of anilines is 1. The van der Waals surface area contributed by atoms with Gasteiger partial charge in [0.1, 0.15) is 5.82 Å². The summed E-state index contributed by atoms with van der Waals surface area (Å²) in [6.07, 6.45) is 0.688. The van der Waals surface area contributed by atoms with Crippen molar-refractivity contribution in [2.24, 2.45) is 0 Å². The molecule has 1 unspecified atom stereocenters. The van der Waals surface area contributed by atoms with Crippen molar-refractivity contribution in [3.8, 4) is 0 Å². The molecule has 0 bridgehead atoms. The van der Waals surface area contributed by atoms with E-state index in [2.05, 4.69) is 5.32 Å². The number of methoxy groups -OCH3 is 1. The van der Waals surface area contributed by atoms with E-state index >= 15 is 0 Å². The van der Waals surface area contributed by atoms with Crippen LogP contribution in [-0.4, -0.2) is 31.0 Å². The molecule has 1 aromatic rings. The van der Waals surface area contributed by atoms with E-state index in [-0.39, 0.29) is 12.4 Å². The van der Waals surface area contributed by atoms with E-state index in [4.69, 9.17) is 4.74 Å². The molecule has 2 N–H and O–H groups in total. The van der Waals surface area contributed by atoms with E-state index in [1.165, 1.54) is 12.1 Å². The van der Waals surface area contributed by atoms with Crippen molar-refractivity contribution in [2.45, 2.75) is 18.9 Å². The van der Waals surface area contributed by atoms with Crippen LogP contribution in [-0.2, 0) is 4.74 Å². The molecule has 0 aliphatic heterocycles. The van der Waals surface area contributed by atoms with Crippen LogP contribution in [0.1, 0.15) is 13.3 Å². The lowest BCUT2D eigenvalue weighted by molar-refractivity contribution is 0.0962. The molecule has 4 heteroatoms. The Bertz CT molecular complexity index is 327. The average Bonchev–Trinajstić information content (AvgIpc) is 2.28. The van der Waals surface area contributed by atoms with Crippen molar-refractivity contribution >= 4 is 5.69 Å². The highest BCUT2D eigenvalue weighted by atomic mass is 19.1. The average molecular weight is 227 g/mol. The van der Waals surface area contributed by atoms with Crippen LogP contribution in [0.2, 0.25) is 0 Å². The SMILES string of the molecule is CCC(CO)(COC)Nc1cccc(F)c1. The van der Waals surface area contributed by atoms with Gasteiger partial charge in [0.2, 0.25) is 0 Å². The Balaban J connectivity index is 2.82. The monoisotopic (exact) mass is 227 g/mol.